The zero-order valence-electron chi connectivity index (χ0n) is 17.8. The number of esters is 1. The van der Waals surface area contributed by atoms with E-state index in [1.165, 1.54) is 0 Å². The molecule has 160 valence electrons. The summed E-state index contributed by atoms with van der Waals surface area (Å²) in [5.41, 5.74) is 2.49. The third kappa shape index (κ3) is 2.73. The first-order valence-electron chi connectivity index (χ1n) is 10.6. The first-order chi connectivity index (χ1) is 14.9. The van der Waals surface area contributed by atoms with Gasteiger partial charge >= 0.3 is 5.97 Å². The second kappa shape index (κ2) is 6.92. The fourth-order valence-electron chi connectivity index (χ4n) is 4.53. The van der Waals surface area contributed by atoms with Crippen molar-refractivity contribution >= 4 is 16.9 Å². The highest BCUT2D eigenvalue weighted by Gasteiger charge is 2.45. The van der Waals surface area contributed by atoms with Gasteiger partial charge in [0.1, 0.15) is 12.4 Å². The van der Waals surface area contributed by atoms with Crippen LogP contribution in [0.5, 0.6) is 5.75 Å². The molecule has 7 nitrogen and oxygen atoms in total. The van der Waals surface area contributed by atoms with Crippen molar-refractivity contribution in [1.82, 2.24) is 9.55 Å². The van der Waals surface area contributed by atoms with Crippen molar-refractivity contribution in [2.75, 3.05) is 6.61 Å². The summed E-state index contributed by atoms with van der Waals surface area (Å²) < 4.78 is 12.9. The Morgan fingerprint density at radius 3 is 2.77 bits per heavy atom. The van der Waals surface area contributed by atoms with E-state index < -0.39 is 11.6 Å². The van der Waals surface area contributed by atoms with Gasteiger partial charge in [-0.1, -0.05) is 25.5 Å². The van der Waals surface area contributed by atoms with Crippen LogP contribution in [0, 0.1) is 6.92 Å². The Morgan fingerprint density at radius 2 is 2.03 bits per heavy atom. The maximum Gasteiger partial charge on any atom is 0.343 e. The number of aliphatic hydroxyl groups is 1. The Kier molecular flexibility index (Phi) is 4.41. The van der Waals surface area contributed by atoms with Gasteiger partial charge in [0.2, 0.25) is 0 Å². The van der Waals surface area contributed by atoms with Crippen LogP contribution in [-0.4, -0.2) is 27.2 Å². The quantitative estimate of drug-likeness (QED) is 0.510. The SMILES string of the molecule is CCCOc1c2c(nc3ccc(C)cc13)-c1cc3c(c(=O)n1C2)COC(=O)[C@]3(O)CC. The van der Waals surface area contributed by atoms with E-state index in [2.05, 4.69) is 0 Å². The summed E-state index contributed by atoms with van der Waals surface area (Å²) in [6.07, 6.45) is 0.971. The minimum atomic E-state index is -1.83. The van der Waals surface area contributed by atoms with E-state index in [0.29, 0.717) is 35.7 Å². The van der Waals surface area contributed by atoms with Crippen LogP contribution in [0.1, 0.15) is 48.9 Å². The molecule has 0 aliphatic carbocycles. The minimum absolute atomic E-state index is 0.115. The topological polar surface area (TPSA) is 90.6 Å². The number of rotatable bonds is 4. The molecule has 7 heteroatoms. The molecular weight excluding hydrogens is 396 g/mol. The lowest BCUT2D eigenvalue weighted by molar-refractivity contribution is -0.172. The average molecular weight is 420 g/mol. The van der Waals surface area contributed by atoms with Crippen molar-refractivity contribution in [3.63, 3.8) is 0 Å². The lowest BCUT2D eigenvalue weighted by Crippen LogP contribution is -2.44. The normalized spacial score (nSPS) is 19.0. The van der Waals surface area contributed by atoms with E-state index in [-0.39, 0.29) is 18.6 Å². The fourth-order valence-corrected chi connectivity index (χ4v) is 4.53. The van der Waals surface area contributed by atoms with E-state index in [9.17, 15) is 14.7 Å². The number of cyclic esters (lactones) is 1. The number of benzene rings is 1. The van der Waals surface area contributed by atoms with E-state index in [1.54, 1.807) is 17.6 Å². The predicted molar refractivity (Wildman–Crippen MR) is 115 cm³/mol. The number of ether oxygens (including phenoxy) is 2. The molecule has 2 aliphatic heterocycles. The monoisotopic (exact) mass is 420 g/mol. The number of aryl methyl sites for hydroxylation is 1. The first-order valence-corrected chi connectivity index (χ1v) is 10.6. The van der Waals surface area contributed by atoms with Crippen LogP contribution in [0.15, 0.2) is 29.1 Å². The van der Waals surface area contributed by atoms with Gasteiger partial charge in [0.05, 0.1) is 35.6 Å². The molecule has 0 radical (unpaired) electrons. The smallest absolute Gasteiger partial charge is 0.343 e. The van der Waals surface area contributed by atoms with E-state index in [0.717, 1.165) is 34.2 Å². The molecule has 0 saturated heterocycles. The number of fused-ring (bicyclic) bond motifs is 5. The number of aromatic nitrogens is 2. The summed E-state index contributed by atoms with van der Waals surface area (Å²) in [4.78, 5) is 30.5. The molecule has 2 aromatic heterocycles. The largest absolute Gasteiger partial charge is 0.492 e. The highest BCUT2D eigenvalue weighted by atomic mass is 16.6. The van der Waals surface area contributed by atoms with Crippen LogP contribution < -0.4 is 10.3 Å². The van der Waals surface area contributed by atoms with Gasteiger partial charge in [0.25, 0.3) is 5.56 Å². The van der Waals surface area contributed by atoms with Gasteiger partial charge in [-0.15, -0.1) is 0 Å². The molecule has 0 saturated carbocycles. The lowest BCUT2D eigenvalue weighted by Gasteiger charge is -2.31. The Balaban J connectivity index is 1.80. The Bertz CT molecular complexity index is 1310. The summed E-state index contributed by atoms with van der Waals surface area (Å²) in [6, 6.07) is 7.71. The lowest BCUT2D eigenvalue weighted by atomic mass is 9.86. The number of pyridine rings is 2. The molecule has 2 aliphatic rings. The number of hydrogen-bond donors (Lipinski definition) is 1. The number of carbonyl (C=O) groups excluding carboxylic acids is 1. The van der Waals surface area contributed by atoms with Crippen molar-refractivity contribution in [2.45, 2.75) is 52.4 Å². The molecule has 0 spiro atoms. The molecule has 1 N–H and O–H groups in total. The van der Waals surface area contributed by atoms with Crippen LogP contribution in [0.2, 0.25) is 0 Å². The van der Waals surface area contributed by atoms with Crippen molar-refractivity contribution in [3.05, 3.63) is 56.9 Å². The zero-order chi connectivity index (χ0) is 21.9. The molecule has 5 rings (SSSR count). The molecule has 1 aromatic carbocycles. The standard InChI is InChI=1S/C24H24N2O5/c1-4-8-30-21-14-9-13(3)6-7-18(14)25-20-15(21)11-26-19(20)10-17-16(22(26)27)12-31-23(28)24(17,29)5-2/h6-7,9-10,29H,4-5,8,11-12H2,1-3H3/t24-/m0/s1. The molecule has 0 unspecified atom stereocenters. The number of carbonyl (C=O) groups is 1. The number of hydrogen-bond acceptors (Lipinski definition) is 6. The van der Waals surface area contributed by atoms with Gasteiger partial charge in [-0.2, -0.15) is 0 Å². The van der Waals surface area contributed by atoms with Crippen molar-refractivity contribution in [3.8, 4) is 17.1 Å². The maximum atomic E-state index is 13.3. The second-order valence-electron chi connectivity index (χ2n) is 8.24. The van der Waals surface area contributed by atoms with Crippen LogP contribution in [-0.2, 0) is 28.3 Å². The van der Waals surface area contributed by atoms with Crippen LogP contribution in [0.25, 0.3) is 22.3 Å². The fraction of sp³-hybridized carbons (Fsp3) is 0.375. The summed E-state index contributed by atoms with van der Waals surface area (Å²) >= 11 is 0. The molecule has 0 bridgehead atoms. The van der Waals surface area contributed by atoms with Gasteiger partial charge in [0.15, 0.2) is 5.60 Å². The first kappa shape index (κ1) is 19.8. The zero-order valence-corrected chi connectivity index (χ0v) is 17.8. The third-order valence-electron chi connectivity index (χ3n) is 6.24. The summed E-state index contributed by atoms with van der Waals surface area (Å²) in [5.74, 6) is 0.0173. The van der Waals surface area contributed by atoms with Crippen molar-refractivity contribution in [2.24, 2.45) is 0 Å². The maximum absolute atomic E-state index is 13.3. The molecule has 0 amide bonds. The van der Waals surface area contributed by atoms with Gasteiger partial charge < -0.3 is 19.1 Å². The molecule has 4 heterocycles. The Hall–Kier alpha value is -3.19. The average Bonchev–Trinajstić information content (AvgIpc) is 3.13. The van der Waals surface area contributed by atoms with Crippen molar-refractivity contribution < 1.29 is 19.4 Å². The molecule has 1 atom stereocenters. The van der Waals surface area contributed by atoms with Crippen LogP contribution in [0.3, 0.4) is 0 Å². The van der Waals surface area contributed by atoms with E-state index in [4.69, 9.17) is 14.5 Å². The molecule has 3 aromatic rings. The van der Waals surface area contributed by atoms with Gasteiger partial charge in [-0.05, 0) is 38.0 Å². The molecule has 0 fully saturated rings. The Labute approximate surface area is 179 Å². The molecular formula is C24H24N2O5. The highest BCUT2D eigenvalue weighted by molar-refractivity contribution is 5.92. The van der Waals surface area contributed by atoms with E-state index >= 15 is 0 Å². The predicted octanol–water partition coefficient (Wildman–Crippen LogP) is 3.18. The summed E-state index contributed by atoms with van der Waals surface area (Å²) in [5, 5.41) is 11.9. The Morgan fingerprint density at radius 1 is 1.23 bits per heavy atom. The number of nitrogens with zero attached hydrogens (tertiary/aromatic N) is 2. The van der Waals surface area contributed by atoms with Gasteiger partial charge in [-0.3, -0.25) is 4.79 Å². The van der Waals surface area contributed by atoms with Gasteiger partial charge in [-0.25, -0.2) is 9.78 Å². The van der Waals surface area contributed by atoms with Gasteiger partial charge in [0, 0.05) is 16.5 Å². The highest BCUT2D eigenvalue weighted by Crippen LogP contribution is 2.43. The molecule has 31 heavy (non-hydrogen) atoms. The van der Waals surface area contributed by atoms with Crippen LogP contribution in [0.4, 0.5) is 0 Å². The van der Waals surface area contributed by atoms with Crippen LogP contribution >= 0.6 is 0 Å². The summed E-state index contributed by atoms with van der Waals surface area (Å²) in [6.45, 7) is 6.50. The third-order valence-corrected chi connectivity index (χ3v) is 6.24. The van der Waals surface area contributed by atoms with E-state index in [1.807, 2.05) is 32.0 Å². The minimum Gasteiger partial charge on any atom is -0.492 e. The second-order valence-corrected chi connectivity index (χ2v) is 8.24. The van der Waals surface area contributed by atoms with Crippen molar-refractivity contribution in [1.29, 1.82) is 0 Å². The summed E-state index contributed by atoms with van der Waals surface area (Å²) in [7, 11) is 0.